The monoisotopic (exact) mass is 761 g/mol. The molecule has 0 saturated heterocycles. The van der Waals surface area contributed by atoms with Crippen molar-refractivity contribution in [3.63, 3.8) is 0 Å². The molecule has 8 heteroatoms. The lowest BCUT2D eigenvalue weighted by atomic mass is 9.34. The first-order chi connectivity index (χ1) is 24.4. The molecule has 0 heterocycles. The van der Waals surface area contributed by atoms with Crippen LogP contribution in [0.3, 0.4) is 0 Å². The average molecular weight is 761 g/mol. The fourth-order valence-electron chi connectivity index (χ4n) is 11.6. The number of carbonyl (C=O) groups excluding carboxylic acids is 3. The molecule has 0 spiro atoms. The van der Waals surface area contributed by atoms with Gasteiger partial charge in [-0.1, -0.05) is 95.7 Å². The molecule has 3 aliphatic rings. The molecular formula is C46H84N2O6. The van der Waals surface area contributed by atoms with E-state index in [0.717, 1.165) is 50.5 Å². The zero-order chi connectivity index (χ0) is 41.0. The van der Waals surface area contributed by atoms with Crippen molar-refractivity contribution in [3.8, 4) is 0 Å². The maximum atomic E-state index is 14.4. The predicted octanol–water partition coefficient (Wildman–Crippen LogP) is 11.4. The van der Waals surface area contributed by atoms with Crippen LogP contribution in [0.5, 0.6) is 0 Å². The Bertz CT molecular complexity index is 1320. The Balaban J connectivity index is 0.00000478. The predicted molar refractivity (Wildman–Crippen MR) is 223 cm³/mol. The highest BCUT2D eigenvalue weighted by Gasteiger charge is 2.67. The van der Waals surface area contributed by atoms with Gasteiger partial charge in [0, 0.05) is 18.4 Å². The van der Waals surface area contributed by atoms with Crippen molar-refractivity contribution in [1.29, 1.82) is 0 Å². The molecule has 314 valence electrons. The molecule has 8 nitrogen and oxygen atoms in total. The van der Waals surface area contributed by atoms with Gasteiger partial charge in [0.15, 0.2) is 0 Å². The number of rotatable bonds is 13. The zero-order valence-corrected chi connectivity index (χ0v) is 36.6. The number of allylic oxidation sites excluding steroid dienone is 1. The summed E-state index contributed by atoms with van der Waals surface area (Å²) < 4.78 is 5.24. The van der Waals surface area contributed by atoms with Gasteiger partial charge in [0.2, 0.25) is 5.91 Å². The van der Waals surface area contributed by atoms with E-state index in [1.807, 2.05) is 13.8 Å². The second-order valence-electron chi connectivity index (χ2n) is 19.4. The van der Waals surface area contributed by atoms with E-state index in [0.29, 0.717) is 43.4 Å². The van der Waals surface area contributed by atoms with E-state index in [4.69, 9.17) is 4.74 Å². The van der Waals surface area contributed by atoms with Crippen LogP contribution in [0.1, 0.15) is 182 Å². The molecule has 0 aromatic carbocycles. The molecule has 10 atom stereocenters. The van der Waals surface area contributed by atoms with Crippen molar-refractivity contribution < 1.29 is 29.0 Å². The van der Waals surface area contributed by atoms with Crippen LogP contribution in [0.25, 0.3) is 0 Å². The number of amides is 2. The Morgan fingerprint density at radius 3 is 2.07 bits per heavy atom. The molecule has 10 unspecified atom stereocenters. The molecule has 3 rings (SSSR count). The van der Waals surface area contributed by atoms with E-state index in [1.54, 1.807) is 20.8 Å². The van der Waals surface area contributed by atoms with Crippen molar-refractivity contribution in [2.45, 2.75) is 194 Å². The number of carboxylic acid groups (broad SMARTS) is 1. The first-order valence-corrected chi connectivity index (χ1v) is 21.1. The number of fused-ring (bicyclic) bond motifs is 1. The molecule has 3 fully saturated rings. The van der Waals surface area contributed by atoms with Crippen molar-refractivity contribution >= 4 is 23.8 Å². The minimum absolute atomic E-state index is 0. The van der Waals surface area contributed by atoms with E-state index in [2.05, 4.69) is 86.4 Å². The summed E-state index contributed by atoms with van der Waals surface area (Å²) in [7, 11) is 0. The molecule has 0 aliphatic heterocycles. The van der Waals surface area contributed by atoms with Crippen molar-refractivity contribution in [3.05, 3.63) is 12.2 Å². The van der Waals surface area contributed by atoms with Crippen molar-refractivity contribution in [1.82, 2.24) is 10.6 Å². The number of nitrogens with one attached hydrogen (secondary N) is 2. The maximum absolute atomic E-state index is 14.4. The number of ether oxygens (including phenoxy) is 1. The molecule has 0 radical (unpaired) electrons. The second-order valence-corrected chi connectivity index (χ2v) is 19.4. The number of Topliss-reactive ketones (excluding diaryl/α,β-unsaturated/α-hetero) is 1. The fourth-order valence-corrected chi connectivity index (χ4v) is 11.6. The van der Waals surface area contributed by atoms with Gasteiger partial charge >= 0.3 is 12.1 Å². The fraction of sp³-hybridized carbons (Fsp3) is 0.870. The number of aliphatic carboxylic acids is 1. The van der Waals surface area contributed by atoms with Gasteiger partial charge in [0.1, 0.15) is 17.4 Å². The average Bonchev–Trinajstić information content (AvgIpc) is 3.07. The van der Waals surface area contributed by atoms with Crippen LogP contribution >= 0.6 is 0 Å². The summed E-state index contributed by atoms with van der Waals surface area (Å²) >= 11 is 0. The van der Waals surface area contributed by atoms with E-state index in [1.165, 1.54) is 0 Å². The highest BCUT2D eigenvalue weighted by atomic mass is 16.6. The molecule has 3 saturated carbocycles. The number of alkyl carbamates (subject to hydrolysis) is 1. The third kappa shape index (κ3) is 9.59. The van der Waals surface area contributed by atoms with Gasteiger partial charge in [0.25, 0.3) is 0 Å². The third-order valence-electron chi connectivity index (χ3n) is 15.4. The summed E-state index contributed by atoms with van der Waals surface area (Å²) in [5.74, 6) is 0.887. The van der Waals surface area contributed by atoms with E-state index >= 15 is 0 Å². The summed E-state index contributed by atoms with van der Waals surface area (Å²) in [4.78, 5) is 51.6. The smallest absolute Gasteiger partial charge is 0.408 e. The molecule has 0 aromatic heterocycles. The molecule has 54 heavy (non-hydrogen) atoms. The number of carbonyl (C=O) groups is 4. The zero-order valence-electron chi connectivity index (χ0n) is 36.6. The molecule has 3 N–H and O–H groups in total. The van der Waals surface area contributed by atoms with Crippen LogP contribution in [-0.4, -0.2) is 47.0 Å². The molecule has 2 amide bonds. The van der Waals surface area contributed by atoms with Gasteiger partial charge < -0.3 is 20.5 Å². The van der Waals surface area contributed by atoms with Crippen LogP contribution in [-0.2, 0) is 19.1 Å². The van der Waals surface area contributed by atoms with Gasteiger partial charge in [-0.2, -0.15) is 0 Å². The maximum Gasteiger partial charge on any atom is 0.408 e. The Labute approximate surface area is 331 Å². The van der Waals surface area contributed by atoms with Crippen LogP contribution in [0, 0.1) is 56.7 Å². The highest BCUT2D eigenvalue weighted by Crippen LogP contribution is 2.73. The minimum Gasteiger partial charge on any atom is -0.480 e. The Kier molecular flexibility index (Phi) is 17.2. The van der Waals surface area contributed by atoms with Crippen molar-refractivity contribution in [2.24, 2.45) is 56.7 Å². The first-order valence-electron chi connectivity index (χ1n) is 21.1. The lowest BCUT2D eigenvalue weighted by Gasteiger charge is -2.70. The Morgan fingerprint density at radius 2 is 1.57 bits per heavy atom. The van der Waals surface area contributed by atoms with Crippen molar-refractivity contribution in [2.75, 3.05) is 6.54 Å². The van der Waals surface area contributed by atoms with E-state index < -0.39 is 29.1 Å². The SMILES string of the molecule is C.C=C(C)C(CC)C1C2CCC(C3(C)CCC(=O)C(C)(C)C3C)C(C)(CC)C2(C)CCC1(C)C(=O)NCCCCC(NC(=O)OC(C)(C)C)C(=O)O.CC. The van der Waals surface area contributed by atoms with Gasteiger partial charge in [-0.25, -0.2) is 9.59 Å². The largest absolute Gasteiger partial charge is 0.480 e. The molecule has 0 aromatic rings. The first kappa shape index (κ1) is 49.6. The number of ketones is 1. The van der Waals surface area contributed by atoms with E-state index in [9.17, 15) is 24.3 Å². The quantitative estimate of drug-likeness (QED) is 0.127. The Hall–Kier alpha value is -2.38. The summed E-state index contributed by atoms with van der Waals surface area (Å²) in [5.41, 5.74) is -0.333. The topological polar surface area (TPSA) is 122 Å². The summed E-state index contributed by atoms with van der Waals surface area (Å²) in [6.07, 6.45) is 8.24. The summed E-state index contributed by atoms with van der Waals surface area (Å²) in [5, 5.41) is 15.4. The number of hydrogen-bond donors (Lipinski definition) is 3. The normalized spacial score (nSPS) is 34.4. The second kappa shape index (κ2) is 18.7. The van der Waals surface area contributed by atoms with Gasteiger partial charge in [-0.3, -0.25) is 9.59 Å². The highest BCUT2D eigenvalue weighted by molar-refractivity contribution is 5.85. The van der Waals surface area contributed by atoms with Crippen LogP contribution < -0.4 is 10.6 Å². The van der Waals surface area contributed by atoms with Crippen LogP contribution in [0.15, 0.2) is 12.2 Å². The third-order valence-corrected chi connectivity index (χ3v) is 15.4. The minimum atomic E-state index is -1.10. The summed E-state index contributed by atoms with van der Waals surface area (Å²) in [6.45, 7) is 37.3. The molecular weight excluding hydrogens is 677 g/mol. The number of carboxylic acids is 1. The van der Waals surface area contributed by atoms with Gasteiger partial charge in [0.05, 0.1) is 5.41 Å². The lowest BCUT2D eigenvalue weighted by Crippen LogP contribution is -2.65. The molecule has 3 aliphatic carbocycles. The lowest BCUT2D eigenvalue weighted by molar-refractivity contribution is -0.212. The Morgan fingerprint density at radius 1 is 0.981 bits per heavy atom. The summed E-state index contributed by atoms with van der Waals surface area (Å²) in [6, 6.07) is -1.05. The molecule has 0 bridgehead atoms. The van der Waals surface area contributed by atoms with Gasteiger partial charge in [-0.15, -0.1) is 0 Å². The van der Waals surface area contributed by atoms with Crippen LogP contribution in [0.4, 0.5) is 4.79 Å². The number of unbranched alkanes of at least 4 members (excludes halogenated alkanes) is 1. The van der Waals surface area contributed by atoms with E-state index in [-0.39, 0.29) is 59.2 Å². The van der Waals surface area contributed by atoms with Crippen LogP contribution in [0.2, 0.25) is 0 Å². The standard InChI is InChI=1S/C43H74N2O6.C2H6.CH4/c1-15-29(27(3)4)34-30-20-21-32(40(11)23-22-33(46)39(9,10)28(40)5)42(13,16-2)43(30,14)25-24-41(34,12)36(49)44-26-18-17-19-31(35(47)48)45-37(50)51-38(6,7)8;1-2;/h28-32,34H,3,15-26H2,1-2,4-14H3,(H,44,49)(H,45,50)(H,47,48);1-2H3;1H4. The number of hydrogen-bond acceptors (Lipinski definition) is 5. The van der Waals surface area contributed by atoms with Gasteiger partial charge in [-0.05, 0) is 138 Å².